The van der Waals surface area contributed by atoms with Crippen molar-refractivity contribution in [3.05, 3.63) is 41.5 Å². The molecule has 0 aromatic heterocycles. The van der Waals surface area contributed by atoms with Crippen molar-refractivity contribution in [1.82, 2.24) is 0 Å². The predicted octanol–water partition coefficient (Wildman–Crippen LogP) is 3.09. The Morgan fingerprint density at radius 2 is 1.41 bits per heavy atom. The van der Waals surface area contributed by atoms with Gasteiger partial charge in [-0.1, -0.05) is 6.07 Å². The number of rotatable bonds is 1. The van der Waals surface area contributed by atoms with Crippen molar-refractivity contribution in [2.24, 2.45) is 0 Å². The number of hydrogen-bond acceptors (Lipinski definition) is 3. The van der Waals surface area contributed by atoms with E-state index in [4.69, 9.17) is 0 Å². The van der Waals surface area contributed by atoms with Gasteiger partial charge >= 0.3 is 0 Å². The molecule has 0 heterocycles. The first-order valence-corrected chi connectivity index (χ1v) is 5.31. The number of aryl methyl sites for hydroxylation is 2. The Balaban J connectivity index is 2.60. The lowest BCUT2D eigenvalue weighted by Gasteiger charge is -2.10. The first-order chi connectivity index (χ1) is 7.99. The third-order valence-corrected chi connectivity index (χ3v) is 2.83. The number of phenolic OH excluding ortho intramolecular Hbond substituents is 3. The van der Waals surface area contributed by atoms with Crippen LogP contribution in [0, 0.1) is 13.8 Å². The molecule has 0 radical (unpaired) electrons. The summed E-state index contributed by atoms with van der Waals surface area (Å²) in [5, 5.41) is 28.3. The van der Waals surface area contributed by atoms with Crippen LogP contribution in [0.25, 0.3) is 11.1 Å². The summed E-state index contributed by atoms with van der Waals surface area (Å²) in [5.41, 5.74) is 3.42. The minimum atomic E-state index is -0.146. The van der Waals surface area contributed by atoms with Crippen LogP contribution < -0.4 is 0 Å². The number of hydrogen-bond donors (Lipinski definition) is 3. The zero-order valence-corrected chi connectivity index (χ0v) is 9.73. The minimum Gasteiger partial charge on any atom is -0.508 e. The maximum atomic E-state index is 9.58. The second-order valence-corrected chi connectivity index (χ2v) is 4.16. The molecule has 3 nitrogen and oxygen atoms in total. The van der Waals surface area contributed by atoms with E-state index in [1.165, 1.54) is 12.1 Å². The van der Waals surface area contributed by atoms with E-state index in [1.807, 2.05) is 19.9 Å². The Bertz CT molecular complexity index is 574. The summed E-state index contributed by atoms with van der Waals surface area (Å²) in [4.78, 5) is 0. The lowest BCUT2D eigenvalue weighted by atomic mass is 9.97. The fourth-order valence-electron chi connectivity index (χ4n) is 1.80. The monoisotopic (exact) mass is 230 g/mol. The molecule has 0 unspecified atom stereocenters. The molecule has 0 spiro atoms. The highest BCUT2D eigenvalue weighted by Crippen LogP contribution is 2.34. The van der Waals surface area contributed by atoms with Gasteiger partial charge in [0.1, 0.15) is 5.75 Å². The molecule has 0 fully saturated rings. The van der Waals surface area contributed by atoms with Crippen molar-refractivity contribution in [1.29, 1.82) is 0 Å². The lowest BCUT2D eigenvalue weighted by Crippen LogP contribution is -1.86. The minimum absolute atomic E-state index is 0.137. The van der Waals surface area contributed by atoms with Crippen LogP contribution in [0.15, 0.2) is 30.3 Å². The van der Waals surface area contributed by atoms with E-state index in [-0.39, 0.29) is 17.2 Å². The van der Waals surface area contributed by atoms with Gasteiger partial charge in [-0.05, 0) is 60.4 Å². The van der Waals surface area contributed by atoms with Gasteiger partial charge in [-0.2, -0.15) is 0 Å². The summed E-state index contributed by atoms with van der Waals surface area (Å²) in [6.07, 6.45) is 0. The van der Waals surface area contributed by atoms with Gasteiger partial charge < -0.3 is 15.3 Å². The summed E-state index contributed by atoms with van der Waals surface area (Å²) < 4.78 is 0. The number of benzene rings is 2. The molecule has 3 heteroatoms. The van der Waals surface area contributed by atoms with Gasteiger partial charge in [0.15, 0.2) is 11.5 Å². The molecule has 2 aromatic carbocycles. The Hall–Kier alpha value is -2.16. The maximum absolute atomic E-state index is 9.58. The zero-order chi connectivity index (χ0) is 12.6. The Kier molecular flexibility index (Phi) is 2.68. The van der Waals surface area contributed by atoms with Crippen LogP contribution in [0.3, 0.4) is 0 Å². The highest BCUT2D eigenvalue weighted by Gasteiger charge is 2.08. The molecular weight excluding hydrogens is 216 g/mol. The highest BCUT2D eigenvalue weighted by atomic mass is 16.3. The van der Waals surface area contributed by atoms with Crippen LogP contribution in [0.1, 0.15) is 11.1 Å². The van der Waals surface area contributed by atoms with Gasteiger partial charge in [-0.15, -0.1) is 0 Å². The molecule has 0 bridgehead atoms. The summed E-state index contributed by atoms with van der Waals surface area (Å²) >= 11 is 0. The van der Waals surface area contributed by atoms with Crippen LogP contribution in [0.2, 0.25) is 0 Å². The molecule has 17 heavy (non-hydrogen) atoms. The maximum Gasteiger partial charge on any atom is 0.158 e. The first-order valence-electron chi connectivity index (χ1n) is 5.31. The Labute approximate surface area is 99.6 Å². The van der Waals surface area contributed by atoms with Gasteiger partial charge in [0, 0.05) is 0 Å². The van der Waals surface area contributed by atoms with E-state index in [0.717, 1.165) is 22.3 Å². The van der Waals surface area contributed by atoms with Crippen molar-refractivity contribution in [3.8, 4) is 28.4 Å². The van der Waals surface area contributed by atoms with Crippen LogP contribution >= 0.6 is 0 Å². The van der Waals surface area contributed by atoms with E-state index in [0.29, 0.717) is 0 Å². The first kappa shape index (κ1) is 11.3. The standard InChI is InChI=1S/C14H14O3/c1-8-6-13(16)9(2)5-11(8)10-3-4-12(15)14(17)7-10/h3-7,15-17H,1-2H3. The average molecular weight is 230 g/mol. The molecule has 0 aliphatic carbocycles. The highest BCUT2D eigenvalue weighted by molar-refractivity contribution is 5.71. The van der Waals surface area contributed by atoms with Crippen molar-refractivity contribution >= 4 is 0 Å². The van der Waals surface area contributed by atoms with Crippen molar-refractivity contribution in [2.75, 3.05) is 0 Å². The van der Waals surface area contributed by atoms with E-state index in [9.17, 15) is 15.3 Å². The van der Waals surface area contributed by atoms with Gasteiger partial charge in [-0.3, -0.25) is 0 Å². The Morgan fingerprint density at radius 1 is 0.706 bits per heavy atom. The third-order valence-electron chi connectivity index (χ3n) is 2.83. The quantitative estimate of drug-likeness (QED) is 0.660. The van der Waals surface area contributed by atoms with E-state index >= 15 is 0 Å². The number of aromatic hydroxyl groups is 3. The van der Waals surface area contributed by atoms with Crippen LogP contribution in [0.5, 0.6) is 17.2 Å². The van der Waals surface area contributed by atoms with Crippen molar-refractivity contribution in [3.63, 3.8) is 0 Å². The molecule has 0 saturated carbocycles. The van der Waals surface area contributed by atoms with Crippen molar-refractivity contribution < 1.29 is 15.3 Å². The molecule has 0 atom stereocenters. The summed E-state index contributed by atoms with van der Waals surface area (Å²) in [6.45, 7) is 3.71. The average Bonchev–Trinajstić information content (AvgIpc) is 2.27. The predicted molar refractivity (Wildman–Crippen MR) is 66.3 cm³/mol. The van der Waals surface area contributed by atoms with E-state index in [2.05, 4.69) is 0 Å². The van der Waals surface area contributed by atoms with Crippen LogP contribution in [-0.4, -0.2) is 15.3 Å². The van der Waals surface area contributed by atoms with Gasteiger partial charge in [0.25, 0.3) is 0 Å². The van der Waals surface area contributed by atoms with Crippen LogP contribution in [-0.2, 0) is 0 Å². The van der Waals surface area contributed by atoms with E-state index in [1.54, 1.807) is 12.1 Å². The van der Waals surface area contributed by atoms with Gasteiger partial charge in [-0.25, -0.2) is 0 Å². The molecule has 0 aliphatic rings. The van der Waals surface area contributed by atoms with Crippen molar-refractivity contribution in [2.45, 2.75) is 13.8 Å². The molecule has 0 saturated heterocycles. The van der Waals surface area contributed by atoms with Gasteiger partial charge in [0.2, 0.25) is 0 Å². The summed E-state index contributed by atoms with van der Waals surface area (Å²) in [5.74, 6) is -0.0243. The normalized spacial score (nSPS) is 10.5. The largest absolute Gasteiger partial charge is 0.508 e. The van der Waals surface area contributed by atoms with Gasteiger partial charge in [0.05, 0.1) is 0 Å². The summed E-state index contributed by atoms with van der Waals surface area (Å²) in [7, 11) is 0. The summed E-state index contributed by atoms with van der Waals surface area (Å²) in [6, 6.07) is 8.24. The van der Waals surface area contributed by atoms with Crippen LogP contribution in [0.4, 0.5) is 0 Å². The molecule has 0 amide bonds. The SMILES string of the molecule is Cc1cc(-c2ccc(O)c(O)c2)c(C)cc1O. The fourth-order valence-corrected chi connectivity index (χ4v) is 1.80. The molecule has 3 N–H and O–H groups in total. The molecule has 2 rings (SSSR count). The lowest BCUT2D eigenvalue weighted by molar-refractivity contribution is 0.404. The molecular formula is C14H14O3. The zero-order valence-electron chi connectivity index (χ0n) is 9.73. The Morgan fingerprint density at radius 3 is 2.06 bits per heavy atom. The smallest absolute Gasteiger partial charge is 0.158 e. The topological polar surface area (TPSA) is 60.7 Å². The second-order valence-electron chi connectivity index (χ2n) is 4.16. The van der Waals surface area contributed by atoms with E-state index < -0.39 is 0 Å². The second kappa shape index (κ2) is 4.01. The molecule has 2 aromatic rings. The molecule has 88 valence electrons. The fraction of sp³-hybridized carbons (Fsp3) is 0.143. The molecule has 0 aliphatic heterocycles. The third kappa shape index (κ3) is 2.04. The number of phenols is 3.